The molecule has 0 bridgehead atoms. The molecule has 1 aromatic carbocycles. The molecule has 0 saturated heterocycles. The lowest BCUT2D eigenvalue weighted by atomic mass is 10.0. The number of carbonyl (C=O) groups excluding carboxylic acids is 3. The van der Waals surface area contributed by atoms with Crippen LogP contribution in [-0.4, -0.2) is 40.5 Å². The van der Waals surface area contributed by atoms with Crippen LogP contribution in [0.5, 0.6) is 0 Å². The van der Waals surface area contributed by atoms with Gasteiger partial charge in [0, 0.05) is 19.9 Å². The van der Waals surface area contributed by atoms with Crippen molar-refractivity contribution >= 4 is 23.8 Å². The van der Waals surface area contributed by atoms with Gasteiger partial charge in [-0.25, -0.2) is 4.79 Å². The van der Waals surface area contributed by atoms with E-state index in [1.807, 2.05) is 0 Å². The molecule has 0 aliphatic rings. The van der Waals surface area contributed by atoms with Crippen LogP contribution in [0.4, 0.5) is 4.79 Å². The highest BCUT2D eigenvalue weighted by Gasteiger charge is 2.30. The number of nitrogens with one attached hydrogen (secondary N) is 3. The lowest BCUT2D eigenvalue weighted by Crippen LogP contribution is -2.58. The first-order valence-corrected chi connectivity index (χ1v) is 7.95. The molecule has 0 aliphatic heterocycles. The van der Waals surface area contributed by atoms with Crippen LogP contribution in [0.3, 0.4) is 0 Å². The van der Waals surface area contributed by atoms with Gasteiger partial charge in [-0.05, 0) is 25.0 Å². The molecular weight excluding hydrogens is 340 g/mol. The quantitative estimate of drug-likeness (QED) is 0.436. The topological polar surface area (TPSA) is 151 Å². The predicted octanol–water partition coefficient (Wildman–Crippen LogP) is -0.118. The Morgan fingerprint density at radius 2 is 1.65 bits per heavy atom. The molecule has 9 heteroatoms. The van der Waals surface area contributed by atoms with Crippen LogP contribution in [0.15, 0.2) is 24.3 Å². The molecule has 0 heterocycles. The monoisotopic (exact) mass is 364 g/mol. The third-order valence-corrected chi connectivity index (χ3v) is 3.65. The molecule has 0 fully saturated rings. The zero-order valence-electron chi connectivity index (χ0n) is 15.0. The maximum Gasteiger partial charge on any atom is 0.404 e. The molecule has 0 aliphatic carbocycles. The molecule has 9 nitrogen and oxygen atoms in total. The number of hydrogen-bond acceptors (Lipinski definition) is 4. The summed E-state index contributed by atoms with van der Waals surface area (Å²) in [7, 11) is 0. The number of amides is 4. The lowest BCUT2D eigenvalue weighted by molar-refractivity contribution is -0.133. The van der Waals surface area contributed by atoms with Crippen molar-refractivity contribution in [1.29, 1.82) is 0 Å². The average molecular weight is 364 g/mol. The minimum atomic E-state index is -1.25. The summed E-state index contributed by atoms with van der Waals surface area (Å²) in [5.74, 6) is -1.60. The van der Waals surface area contributed by atoms with Crippen molar-refractivity contribution in [2.45, 2.75) is 45.3 Å². The van der Waals surface area contributed by atoms with E-state index in [2.05, 4.69) is 16.0 Å². The first-order valence-electron chi connectivity index (χ1n) is 7.95. The summed E-state index contributed by atoms with van der Waals surface area (Å²) in [4.78, 5) is 45.7. The molecule has 0 saturated carbocycles. The second-order valence-electron chi connectivity index (χ2n) is 6.41. The SMILES string of the molecule is CC(=O)NC(Cc1ccc(CNC(=O)O)cc1)C(=O)NC(C)(C)C(N)=O. The molecule has 6 N–H and O–H groups in total. The zero-order chi connectivity index (χ0) is 19.9. The number of benzene rings is 1. The highest BCUT2D eigenvalue weighted by molar-refractivity contribution is 5.93. The van der Waals surface area contributed by atoms with E-state index in [0.717, 1.165) is 11.1 Å². The van der Waals surface area contributed by atoms with Gasteiger partial charge in [-0.3, -0.25) is 14.4 Å². The largest absolute Gasteiger partial charge is 0.465 e. The van der Waals surface area contributed by atoms with Crippen LogP contribution < -0.4 is 21.7 Å². The van der Waals surface area contributed by atoms with Crippen molar-refractivity contribution in [3.8, 4) is 0 Å². The van der Waals surface area contributed by atoms with Gasteiger partial charge in [0.25, 0.3) is 0 Å². The van der Waals surface area contributed by atoms with Crippen LogP contribution >= 0.6 is 0 Å². The first-order chi connectivity index (χ1) is 12.0. The van der Waals surface area contributed by atoms with Crippen molar-refractivity contribution in [2.24, 2.45) is 5.73 Å². The second kappa shape index (κ2) is 8.84. The van der Waals surface area contributed by atoms with Crippen LogP contribution in [0.1, 0.15) is 31.9 Å². The normalized spacial score (nSPS) is 12.0. The van der Waals surface area contributed by atoms with Crippen molar-refractivity contribution in [2.75, 3.05) is 0 Å². The Morgan fingerprint density at radius 3 is 2.12 bits per heavy atom. The summed E-state index contributed by atoms with van der Waals surface area (Å²) in [6.45, 7) is 4.41. The predicted molar refractivity (Wildman–Crippen MR) is 94.0 cm³/mol. The van der Waals surface area contributed by atoms with Crippen molar-refractivity contribution in [3.63, 3.8) is 0 Å². The highest BCUT2D eigenvalue weighted by atomic mass is 16.4. The third kappa shape index (κ3) is 6.80. The molecule has 0 radical (unpaired) electrons. The number of rotatable bonds is 8. The Bertz CT molecular complexity index is 685. The van der Waals surface area contributed by atoms with Crippen molar-refractivity contribution in [3.05, 3.63) is 35.4 Å². The molecule has 1 atom stereocenters. The minimum Gasteiger partial charge on any atom is -0.465 e. The Hall–Kier alpha value is -3.10. The van der Waals surface area contributed by atoms with Gasteiger partial charge in [0.05, 0.1) is 0 Å². The summed E-state index contributed by atoms with van der Waals surface area (Å²) in [5, 5.41) is 15.9. The number of primary amides is 1. The van der Waals surface area contributed by atoms with Gasteiger partial charge in [0.1, 0.15) is 11.6 Å². The van der Waals surface area contributed by atoms with Crippen LogP contribution in [-0.2, 0) is 27.3 Å². The first kappa shape index (κ1) is 20.9. The number of nitrogens with two attached hydrogens (primary N) is 1. The van der Waals surface area contributed by atoms with Crippen LogP contribution in [0.25, 0.3) is 0 Å². The lowest BCUT2D eigenvalue weighted by Gasteiger charge is -2.26. The summed E-state index contributed by atoms with van der Waals surface area (Å²) in [6, 6.07) is 6.04. The molecule has 142 valence electrons. The van der Waals surface area contributed by atoms with E-state index in [-0.39, 0.29) is 18.9 Å². The van der Waals surface area contributed by atoms with E-state index in [1.54, 1.807) is 24.3 Å². The Labute approximate surface area is 151 Å². The molecule has 26 heavy (non-hydrogen) atoms. The maximum atomic E-state index is 12.4. The van der Waals surface area contributed by atoms with Gasteiger partial charge < -0.3 is 26.8 Å². The third-order valence-electron chi connectivity index (χ3n) is 3.65. The Balaban J connectivity index is 2.84. The summed E-state index contributed by atoms with van der Waals surface area (Å²) >= 11 is 0. The maximum absolute atomic E-state index is 12.4. The molecule has 1 rings (SSSR count). The zero-order valence-corrected chi connectivity index (χ0v) is 15.0. The van der Waals surface area contributed by atoms with Crippen LogP contribution in [0, 0.1) is 0 Å². The fourth-order valence-electron chi connectivity index (χ4n) is 2.12. The summed E-state index contributed by atoms with van der Waals surface area (Å²) in [6.07, 6.45) is -0.916. The van der Waals surface area contributed by atoms with Gasteiger partial charge in [0.15, 0.2) is 0 Å². The molecular formula is C17H24N4O5. The molecule has 0 aromatic heterocycles. The van der Waals surface area contributed by atoms with E-state index in [9.17, 15) is 19.2 Å². The van der Waals surface area contributed by atoms with E-state index in [4.69, 9.17) is 10.8 Å². The summed E-state index contributed by atoms with van der Waals surface area (Å²) in [5.41, 5.74) is 5.52. The van der Waals surface area contributed by atoms with Gasteiger partial charge >= 0.3 is 6.09 Å². The molecule has 4 amide bonds. The van der Waals surface area contributed by atoms with E-state index >= 15 is 0 Å². The fraction of sp³-hybridized carbons (Fsp3) is 0.412. The van der Waals surface area contributed by atoms with Gasteiger partial charge in [-0.15, -0.1) is 0 Å². The smallest absolute Gasteiger partial charge is 0.404 e. The molecule has 1 aromatic rings. The van der Waals surface area contributed by atoms with E-state index in [1.165, 1.54) is 20.8 Å². The summed E-state index contributed by atoms with van der Waals surface area (Å²) < 4.78 is 0. The highest BCUT2D eigenvalue weighted by Crippen LogP contribution is 2.09. The number of hydrogen-bond donors (Lipinski definition) is 5. The Morgan fingerprint density at radius 1 is 1.12 bits per heavy atom. The molecule has 1 unspecified atom stereocenters. The number of carboxylic acid groups (broad SMARTS) is 1. The van der Waals surface area contributed by atoms with E-state index < -0.39 is 29.5 Å². The minimum absolute atomic E-state index is 0.165. The fourth-order valence-corrected chi connectivity index (χ4v) is 2.12. The van der Waals surface area contributed by atoms with Crippen molar-refractivity contribution < 1.29 is 24.3 Å². The number of carbonyl (C=O) groups is 4. The Kier molecular flexibility index (Phi) is 7.12. The van der Waals surface area contributed by atoms with Crippen LogP contribution in [0.2, 0.25) is 0 Å². The van der Waals surface area contributed by atoms with Gasteiger partial charge in [-0.1, -0.05) is 24.3 Å². The average Bonchev–Trinajstić information content (AvgIpc) is 2.52. The standard InChI is InChI=1S/C17H24N4O5/c1-10(22)20-13(14(23)21-17(2,3)15(18)24)8-11-4-6-12(7-5-11)9-19-16(25)26/h4-7,13,19H,8-9H2,1-3H3,(H2,18,24)(H,20,22)(H,21,23)(H,25,26). The second-order valence-corrected chi connectivity index (χ2v) is 6.41. The van der Waals surface area contributed by atoms with Crippen molar-refractivity contribution in [1.82, 2.24) is 16.0 Å². The van der Waals surface area contributed by atoms with E-state index in [0.29, 0.717) is 0 Å². The van der Waals surface area contributed by atoms with Gasteiger partial charge in [0.2, 0.25) is 17.7 Å². The molecule has 0 spiro atoms. The van der Waals surface area contributed by atoms with Gasteiger partial charge in [-0.2, -0.15) is 0 Å².